The highest BCUT2D eigenvalue weighted by Gasteiger charge is 2.18. The van der Waals surface area contributed by atoms with Gasteiger partial charge in [-0.2, -0.15) is 0 Å². The molecular formula is C24H26N2O9. The van der Waals surface area contributed by atoms with Crippen molar-refractivity contribution in [2.24, 2.45) is 0 Å². The lowest BCUT2D eigenvalue weighted by atomic mass is 10.1. The van der Waals surface area contributed by atoms with E-state index >= 15 is 0 Å². The number of methoxy groups -OCH3 is 2. The number of rotatable bonds is 7. The van der Waals surface area contributed by atoms with Gasteiger partial charge in [-0.25, -0.2) is 19.2 Å². The number of nitrogens with one attached hydrogen (secondary N) is 2. The van der Waals surface area contributed by atoms with Crippen molar-refractivity contribution < 1.29 is 42.9 Å². The Hall–Kier alpha value is -4.41. The largest absolute Gasteiger partial charge is 0.465 e. The first-order valence-corrected chi connectivity index (χ1v) is 10.3. The molecule has 2 rings (SSSR count). The first-order chi connectivity index (χ1) is 16.4. The van der Waals surface area contributed by atoms with E-state index in [9.17, 15) is 24.0 Å². The van der Waals surface area contributed by atoms with Gasteiger partial charge in [0.05, 0.1) is 30.9 Å². The van der Waals surface area contributed by atoms with E-state index in [1.165, 1.54) is 50.6 Å². The van der Waals surface area contributed by atoms with Crippen LogP contribution in [0, 0.1) is 0 Å². The summed E-state index contributed by atoms with van der Waals surface area (Å²) >= 11 is 0. The standard InChI is InChI=1S/C24H26N2O9/c1-24(2,3)35-23(31)26-17-8-6-7-14(10-17)22(30)34-13-19(27)25-18-11-15(20(28)32-4)9-16(12-18)21(29)33-5/h6-12H,13H2,1-5H3,(H,25,27)(H,26,31). The molecule has 0 spiro atoms. The quantitative estimate of drug-likeness (QED) is 0.444. The summed E-state index contributed by atoms with van der Waals surface area (Å²) in [6.45, 7) is 4.49. The van der Waals surface area contributed by atoms with Crippen molar-refractivity contribution in [3.05, 3.63) is 59.2 Å². The Bertz CT molecular complexity index is 1100. The lowest BCUT2D eigenvalue weighted by Gasteiger charge is -2.19. The fraction of sp³-hybridized carbons (Fsp3) is 0.292. The van der Waals surface area contributed by atoms with Gasteiger partial charge in [-0.1, -0.05) is 6.07 Å². The Kier molecular flexibility index (Phi) is 8.92. The fourth-order valence-electron chi connectivity index (χ4n) is 2.73. The second-order valence-electron chi connectivity index (χ2n) is 8.11. The van der Waals surface area contributed by atoms with Gasteiger partial charge in [-0.3, -0.25) is 10.1 Å². The Morgan fingerprint density at radius 3 is 1.86 bits per heavy atom. The number of carbonyl (C=O) groups is 5. The zero-order chi connectivity index (χ0) is 26.2. The summed E-state index contributed by atoms with van der Waals surface area (Å²) in [7, 11) is 2.34. The number of esters is 3. The molecule has 0 bridgehead atoms. The van der Waals surface area contributed by atoms with Crippen molar-refractivity contribution in [1.82, 2.24) is 0 Å². The number of carbonyl (C=O) groups excluding carboxylic acids is 5. The maximum atomic E-state index is 12.4. The van der Waals surface area contributed by atoms with E-state index in [0.29, 0.717) is 5.69 Å². The predicted octanol–water partition coefficient (Wildman–Crippen LogP) is 3.40. The summed E-state index contributed by atoms with van der Waals surface area (Å²) in [5.41, 5.74) is -0.186. The lowest BCUT2D eigenvalue weighted by Crippen LogP contribution is -2.27. The molecule has 0 unspecified atom stereocenters. The van der Waals surface area contributed by atoms with E-state index in [2.05, 4.69) is 20.1 Å². The van der Waals surface area contributed by atoms with Crippen LogP contribution in [0.25, 0.3) is 0 Å². The molecule has 0 saturated carbocycles. The first-order valence-electron chi connectivity index (χ1n) is 10.3. The van der Waals surface area contributed by atoms with Crippen LogP contribution in [-0.2, 0) is 23.7 Å². The molecule has 186 valence electrons. The first kappa shape index (κ1) is 26.8. The SMILES string of the molecule is COC(=O)c1cc(NC(=O)COC(=O)c2cccc(NC(=O)OC(C)(C)C)c2)cc(C(=O)OC)c1. The molecule has 35 heavy (non-hydrogen) atoms. The van der Waals surface area contributed by atoms with Crippen molar-refractivity contribution in [2.75, 3.05) is 31.5 Å². The fourth-order valence-corrected chi connectivity index (χ4v) is 2.73. The molecule has 2 aromatic rings. The Labute approximate surface area is 201 Å². The number of hydrogen-bond donors (Lipinski definition) is 2. The Morgan fingerprint density at radius 1 is 0.743 bits per heavy atom. The van der Waals surface area contributed by atoms with Crippen molar-refractivity contribution in [1.29, 1.82) is 0 Å². The smallest absolute Gasteiger partial charge is 0.412 e. The van der Waals surface area contributed by atoms with Gasteiger partial charge in [-0.15, -0.1) is 0 Å². The summed E-state index contributed by atoms with van der Waals surface area (Å²) in [6, 6.07) is 9.74. The average Bonchev–Trinajstić information content (AvgIpc) is 2.80. The van der Waals surface area contributed by atoms with Gasteiger partial charge in [0, 0.05) is 11.4 Å². The molecule has 0 atom stereocenters. The molecule has 11 nitrogen and oxygen atoms in total. The van der Waals surface area contributed by atoms with Gasteiger partial charge in [-0.05, 0) is 57.2 Å². The van der Waals surface area contributed by atoms with E-state index in [0.717, 1.165) is 0 Å². The van der Waals surface area contributed by atoms with Gasteiger partial charge in [0.1, 0.15) is 5.60 Å². The molecular weight excluding hydrogens is 460 g/mol. The van der Waals surface area contributed by atoms with Gasteiger partial charge in [0.25, 0.3) is 5.91 Å². The van der Waals surface area contributed by atoms with Crippen LogP contribution in [0.3, 0.4) is 0 Å². The molecule has 2 amide bonds. The van der Waals surface area contributed by atoms with E-state index < -0.39 is 42.1 Å². The van der Waals surface area contributed by atoms with Crippen LogP contribution < -0.4 is 10.6 Å². The molecule has 0 aliphatic rings. The number of amides is 2. The van der Waals surface area contributed by atoms with Gasteiger partial charge >= 0.3 is 24.0 Å². The minimum absolute atomic E-state index is 0.0111. The maximum absolute atomic E-state index is 12.4. The van der Waals surface area contributed by atoms with E-state index in [1.807, 2.05) is 0 Å². The third kappa shape index (κ3) is 8.46. The minimum Gasteiger partial charge on any atom is -0.465 e. The Balaban J connectivity index is 2.03. The summed E-state index contributed by atoms with van der Waals surface area (Å²) in [6.07, 6.45) is -0.692. The van der Waals surface area contributed by atoms with Crippen LogP contribution in [0.1, 0.15) is 51.8 Å². The van der Waals surface area contributed by atoms with Crippen LogP contribution in [-0.4, -0.2) is 56.3 Å². The number of hydrogen-bond acceptors (Lipinski definition) is 9. The van der Waals surface area contributed by atoms with Crippen molar-refractivity contribution in [3.8, 4) is 0 Å². The second kappa shape index (κ2) is 11.6. The summed E-state index contributed by atoms with van der Waals surface area (Å²) in [5.74, 6) is -2.99. The molecule has 0 aliphatic heterocycles. The van der Waals surface area contributed by atoms with Crippen LogP contribution in [0.2, 0.25) is 0 Å². The zero-order valence-electron chi connectivity index (χ0n) is 19.9. The third-order valence-corrected chi connectivity index (χ3v) is 4.14. The third-order valence-electron chi connectivity index (χ3n) is 4.14. The van der Waals surface area contributed by atoms with Crippen LogP contribution in [0.4, 0.5) is 16.2 Å². The average molecular weight is 486 g/mol. The van der Waals surface area contributed by atoms with Gasteiger partial charge in [0.2, 0.25) is 0 Å². The van der Waals surface area contributed by atoms with E-state index in [1.54, 1.807) is 26.8 Å². The zero-order valence-corrected chi connectivity index (χ0v) is 19.9. The van der Waals surface area contributed by atoms with Crippen molar-refractivity contribution in [2.45, 2.75) is 26.4 Å². The monoisotopic (exact) mass is 486 g/mol. The van der Waals surface area contributed by atoms with Crippen molar-refractivity contribution >= 4 is 41.3 Å². The molecule has 0 heterocycles. The van der Waals surface area contributed by atoms with Crippen LogP contribution >= 0.6 is 0 Å². The molecule has 0 aliphatic carbocycles. The van der Waals surface area contributed by atoms with Crippen molar-refractivity contribution in [3.63, 3.8) is 0 Å². The maximum Gasteiger partial charge on any atom is 0.412 e. The topological polar surface area (TPSA) is 146 Å². The minimum atomic E-state index is -0.813. The molecule has 11 heteroatoms. The number of anilines is 2. The highest BCUT2D eigenvalue weighted by molar-refractivity contribution is 6.00. The summed E-state index contributed by atoms with van der Waals surface area (Å²) in [5, 5.41) is 4.95. The van der Waals surface area contributed by atoms with Crippen LogP contribution in [0.15, 0.2) is 42.5 Å². The van der Waals surface area contributed by atoms with Crippen LogP contribution in [0.5, 0.6) is 0 Å². The summed E-state index contributed by atoms with van der Waals surface area (Å²) in [4.78, 5) is 60.3. The van der Waals surface area contributed by atoms with Gasteiger partial charge < -0.3 is 24.3 Å². The highest BCUT2D eigenvalue weighted by Crippen LogP contribution is 2.18. The predicted molar refractivity (Wildman–Crippen MR) is 124 cm³/mol. The molecule has 0 saturated heterocycles. The second-order valence-corrected chi connectivity index (χ2v) is 8.11. The number of benzene rings is 2. The normalized spacial score (nSPS) is 10.5. The molecule has 0 aromatic heterocycles. The molecule has 0 fully saturated rings. The molecule has 2 aromatic carbocycles. The Morgan fingerprint density at radius 2 is 1.31 bits per heavy atom. The highest BCUT2D eigenvalue weighted by atomic mass is 16.6. The van der Waals surface area contributed by atoms with E-state index in [-0.39, 0.29) is 22.4 Å². The van der Waals surface area contributed by atoms with Gasteiger partial charge in [0.15, 0.2) is 6.61 Å². The molecule has 0 radical (unpaired) electrons. The number of ether oxygens (including phenoxy) is 4. The summed E-state index contributed by atoms with van der Waals surface area (Å²) < 4.78 is 19.5. The van der Waals surface area contributed by atoms with E-state index in [4.69, 9.17) is 9.47 Å². The molecule has 2 N–H and O–H groups in total. The lowest BCUT2D eigenvalue weighted by molar-refractivity contribution is -0.119.